The molecule has 17 heavy (non-hydrogen) atoms. The van der Waals surface area contributed by atoms with Crippen LogP contribution in [0.3, 0.4) is 0 Å². The Hall–Kier alpha value is -1.91. The number of carbonyl (C=O) groups excluding carboxylic acids is 1. The number of hydrogen-bond acceptors (Lipinski definition) is 4. The third-order valence-electron chi connectivity index (χ3n) is 3.29. The Bertz CT molecular complexity index is 461. The van der Waals surface area contributed by atoms with Crippen LogP contribution in [0, 0.1) is 10.1 Å². The van der Waals surface area contributed by atoms with E-state index in [-0.39, 0.29) is 17.3 Å². The van der Waals surface area contributed by atoms with Gasteiger partial charge in [-0.05, 0) is 31.1 Å². The maximum absolute atomic E-state index is 11.1. The first-order valence-electron chi connectivity index (χ1n) is 5.44. The molecule has 2 rings (SSSR count). The highest BCUT2D eigenvalue weighted by Crippen LogP contribution is 2.37. The van der Waals surface area contributed by atoms with Crippen LogP contribution < -0.4 is 0 Å². The molecule has 5 heteroatoms. The minimum Gasteiger partial charge on any atom is -0.469 e. The summed E-state index contributed by atoms with van der Waals surface area (Å²) in [5, 5.41) is 11.1. The zero-order chi connectivity index (χ0) is 12.4. The second kappa shape index (κ2) is 4.53. The average molecular weight is 235 g/mol. The van der Waals surface area contributed by atoms with Crippen molar-refractivity contribution in [3.05, 3.63) is 45.4 Å². The van der Waals surface area contributed by atoms with E-state index in [9.17, 15) is 14.9 Å². The normalized spacial score (nSPS) is 24.8. The summed E-state index contributed by atoms with van der Waals surface area (Å²) in [6.45, 7) is 1.84. The van der Waals surface area contributed by atoms with Gasteiger partial charge in [-0.3, -0.25) is 14.9 Å². The first-order valence-corrected chi connectivity index (χ1v) is 5.44. The Kier molecular flexibility index (Phi) is 3.08. The van der Waals surface area contributed by atoms with Gasteiger partial charge in [0.15, 0.2) is 0 Å². The first-order chi connectivity index (χ1) is 8.13. The monoisotopic (exact) mass is 235 g/mol. The molecule has 2 atom stereocenters. The molecular weight excluding hydrogens is 222 g/mol. The molecule has 1 aliphatic rings. The Labute approximate surface area is 98.3 Å². The van der Waals surface area contributed by atoms with Crippen molar-refractivity contribution < 1.29 is 14.1 Å². The van der Waals surface area contributed by atoms with Gasteiger partial charge >= 0.3 is 0 Å². The largest absolute Gasteiger partial charge is 0.469 e. The summed E-state index contributed by atoms with van der Waals surface area (Å²) < 4.78 is 5.26. The van der Waals surface area contributed by atoms with Crippen molar-refractivity contribution in [1.29, 1.82) is 0 Å². The van der Waals surface area contributed by atoms with Gasteiger partial charge < -0.3 is 4.42 Å². The van der Waals surface area contributed by atoms with E-state index >= 15 is 0 Å². The SMILES string of the molecule is CC1=C(C=O)C[C@H]([N+](=O)[O-])[C@@H](c2ccco2)C1. The highest BCUT2D eigenvalue weighted by atomic mass is 16.6. The van der Waals surface area contributed by atoms with Crippen LogP contribution in [-0.4, -0.2) is 17.3 Å². The van der Waals surface area contributed by atoms with Gasteiger partial charge in [0.2, 0.25) is 6.04 Å². The van der Waals surface area contributed by atoms with E-state index in [1.54, 1.807) is 12.1 Å². The van der Waals surface area contributed by atoms with E-state index in [2.05, 4.69) is 0 Å². The number of hydrogen-bond donors (Lipinski definition) is 0. The predicted molar refractivity (Wildman–Crippen MR) is 60.2 cm³/mol. The summed E-state index contributed by atoms with van der Waals surface area (Å²) in [4.78, 5) is 21.6. The average Bonchev–Trinajstić information content (AvgIpc) is 2.81. The van der Waals surface area contributed by atoms with Crippen LogP contribution in [0.4, 0.5) is 0 Å². The molecule has 0 aromatic carbocycles. The minimum atomic E-state index is -0.773. The lowest BCUT2D eigenvalue weighted by Gasteiger charge is -2.25. The molecule has 1 heterocycles. The van der Waals surface area contributed by atoms with Crippen LogP contribution in [-0.2, 0) is 4.79 Å². The number of furan rings is 1. The van der Waals surface area contributed by atoms with Crippen LogP contribution in [0.1, 0.15) is 31.4 Å². The van der Waals surface area contributed by atoms with Gasteiger partial charge in [-0.2, -0.15) is 0 Å². The Morgan fingerprint density at radius 1 is 1.53 bits per heavy atom. The lowest BCUT2D eigenvalue weighted by Crippen LogP contribution is -2.31. The second-order valence-corrected chi connectivity index (χ2v) is 4.31. The van der Waals surface area contributed by atoms with Crippen molar-refractivity contribution in [2.24, 2.45) is 0 Å². The van der Waals surface area contributed by atoms with Gasteiger partial charge in [-0.25, -0.2) is 0 Å². The van der Waals surface area contributed by atoms with E-state index in [1.807, 2.05) is 6.92 Å². The van der Waals surface area contributed by atoms with E-state index in [0.29, 0.717) is 17.8 Å². The van der Waals surface area contributed by atoms with Crippen molar-refractivity contribution >= 4 is 6.29 Å². The van der Waals surface area contributed by atoms with Crippen LogP contribution in [0.25, 0.3) is 0 Å². The third kappa shape index (κ3) is 2.13. The fourth-order valence-electron chi connectivity index (χ4n) is 2.30. The first kappa shape index (κ1) is 11.6. The Morgan fingerprint density at radius 2 is 2.29 bits per heavy atom. The minimum absolute atomic E-state index is 0.188. The fraction of sp³-hybridized carbons (Fsp3) is 0.417. The highest BCUT2D eigenvalue weighted by molar-refractivity contribution is 5.75. The molecule has 0 saturated carbocycles. The number of nitro groups is 1. The molecule has 0 fully saturated rings. The van der Waals surface area contributed by atoms with Crippen molar-refractivity contribution in [2.75, 3.05) is 0 Å². The molecule has 0 N–H and O–H groups in total. The lowest BCUT2D eigenvalue weighted by atomic mass is 9.80. The van der Waals surface area contributed by atoms with Crippen LogP contribution in [0.2, 0.25) is 0 Å². The van der Waals surface area contributed by atoms with Gasteiger partial charge in [0.25, 0.3) is 0 Å². The number of rotatable bonds is 3. The van der Waals surface area contributed by atoms with Gasteiger partial charge in [0.05, 0.1) is 12.2 Å². The second-order valence-electron chi connectivity index (χ2n) is 4.31. The van der Waals surface area contributed by atoms with Gasteiger partial charge in [0.1, 0.15) is 12.0 Å². The highest BCUT2D eigenvalue weighted by Gasteiger charge is 2.39. The van der Waals surface area contributed by atoms with Crippen molar-refractivity contribution in [3.63, 3.8) is 0 Å². The molecule has 0 saturated heterocycles. The number of nitrogens with zero attached hydrogens (tertiary/aromatic N) is 1. The van der Waals surface area contributed by atoms with Crippen molar-refractivity contribution in [3.8, 4) is 0 Å². The van der Waals surface area contributed by atoms with Gasteiger partial charge in [0, 0.05) is 11.3 Å². The number of carbonyl (C=O) groups is 1. The summed E-state index contributed by atoms with van der Waals surface area (Å²) in [6, 6.07) is 2.70. The Morgan fingerprint density at radius 3 is 2.82 bits per heavy atom. The zero-order valence-electron chi connectivity index (χ0n) is 9.46. The molecule has 1 aliphatic carbocycles. The standard InChI is InChI=1S/C12H13NO4/c1-8-5-10(12-3-2-4-17-12)11(13(15)16)6-9(8)7-14/h2-4,7,10-11H,5-6H2,1H3/t10-,11-/m0/s1. The molecule has 5 nitrogen and oxygen atoms in total. The number of allylic oxidation sites excluding steroid dienone is 1. The number of aldehydes is 1. The van der Waals surface area contributed by atoms with E-state index in [1.165, 1.54) is 6.26 Å². The molecule has 1 aromatic heterocycles. The van der Waals surface area contributed by atoms with Gasteiger partial charge in [-0.15, -0.1) is 0 Å². The van der Waals surface area contributed by atoms with Crippen molar-refractivity contribution in [1.82, 2.24) is 0 Å². The van der Waals surface area contributed by atoms with E-state index < -0.39 is 6.04 Å². The summed E-state index contributed by atoms with van der Waals surface area (Å²) >= 11 is 0. The van der Waals surface area contributed by atoms with E-state index in [4.69, 9.17) is 4.42 Å². The molecular formula is C12H13NO4. The molecule has 1 aromatic rings. The maximum atomic E-state index is 11.1. The maximum Gasteiger partial charge on any atom is 0.227 e. The smallest absolute Gasteiger partial charge is 0.227 e. The molecule has 0 spiro atoms. The molecule has 0 unspecified atom stereocenters. The van der Waals surface area contributed by atoms with Crippen molar-refractivity contribution in [2.45, 2.75) is 31.7 Å². The lowest BCUT2D eigenvalue weighted by molar-refractivity contribution is -0.527. The zero-order valence-corrected chi connectivity index (χ0v) is 9.46. The fourth-order valence-corrected chi connectivity index (χ4v) is 2.30. The van der Waals surface area contributed by atoms with Crippen LogP contribution in [0.5, 0.6) is 0 Å². The molecule has 90 valence electrons. The molecule has 0 radical (unpaired) electrons. The summed E-state index contributed by atoms with van der Waals surface area (Å²) in [6.07, 6.45) is 2.94. The third-order valence-corrected chi connectivity index (χ3v) is 3.29. The summed E-state index contributed by atoms with van der Waals surface area (Å²) in [7, 11) is 0. The molecule has 0 aliphatic heterocycles. The topological polar surface area (TPSA) is 73.3 Å². The van der Waals surface area contributed by atoms with Gasteiger partial charge in [-0.1, -0.05) is 5.57 Å². The quantitative estimate of drug-likeness (QED) is 0.457. The van der Waals surface area contributed by atoms with Crippen LogP contribution in [0.15, 0.2) is 34.0 Å². The Balaban J connectivity index is 2.35. The van der Waals surface area contributed by atoms with Crippen LogP contribution >= 0.6 is 0 Å². The molecule has 0 amide bonds. The summed E-state index contributed by atoms with van der Waals surface area (Å²) in [5.74, 6) is 0.347. The molecule has 0 bridgehead atoms. The predicted octanol–water partition coefficient (Wildman–Crippen LogP) is 2.32. The summed E-state index contributed by atoms with van der Waals surface area (Å²) in [5.41, 5.74) is 1.47. The van der Waals surface area contributed by atoms with E-state index in [0.717, 1.165) is 11.9 Å².